The molecule has 4 heterocycles. The molecule has 0 fully saturated rings. The van der Waals surface area contributed by atoms with Gasteiger partial charge in [-0.1, -0.05) is 56.8 Å². The monoisotopic (exact) mass is 644 g/mol. The van der Waals surface area contributed by atoms with Gasteiger partial charge in [-0.2, -0.15) is 4.98 Å². The Kier molecular flexibility index (Phi) is 9.04. The van der Waals surface area contributed by atoms with Gasteiger partial charge in [-0.25, -0.2) is 18.1 Å². The standard InChI is InChI=1S/C33H26N8OS2.C2H6/c1-21(22-10-12-24(34)13-11-22)36-25-6-5-7-26(19-25)38-33-39-29-15-17-43-30(29)31(40-33)37-27-18-23-14-16-41(32(23)35-20-27)44(42)28-8-3-2-4-9-28;1-2/h2-20,36H,1,34H2,(H2,37,38,39,40);1-2H3. The Morgan fingerprint density at radius 1 is 0.870 bits per heavy atom. The fourth-order valence-corrected chi connectivity index (χ4v) is 6.60. The Hall–Kier alpha value is -5.52. The maximum atomic E-state index is 13.1. The van der Waals surface area contributed by atoms with E-state index >= 15 is 0 Å². The van der Waals surface area contributed by atoms with Gasteiger partial charge in [0.1, 0.15) is 0 Å². The van der Waals surface area contributed by atoms with Crippen molar-refractivity contribution in [2.75, 3.05) is 21.7 Å². The molecule has 0 saturated carbocycles. The van der Waals surface area contributed by atoms with Crippen LogP contribution >= 0.6 is 11.3 Å². The average Bonchev–Trinajstić information content (AvgIpc) is 3.74. The van der Waals surface area contributed by atoms with Crippen molar-refractivity contribution >= 4 is 83.8 Å². The van der Waals surface area contributed by atoms with Crippen LogP contribution in [0.1, 0.15) is 19.4 Å². The minimum atomic E-state index is -1.39. The minimum Gasteiger partial charge on any atom is -0.399 e. The molecule has 9 nitrogen and oxygen atoms in total. The highest BCUT2D eigenvalue weighted by Gasteiger charge is 2.14. The maximum absolute atomic E-state index is 13.1. The SMILES string of the molecule is C=C(Nc1cccc(Nc2nc(Nc3cnc4c(ccn4S(=O)c4ccccc4)c3)c3sccc3n2)c1)c1ccc(N)cc1.CC. The van der Waals surface area contributed by atoms with Gasteiger partial charge in [-0.15, -0.1) is 11.3 Å². The molecule has 0 aliphatic carbocycles. The lowest BCUT2D eigenvalue weighted by atomic mass is 10.1. The van der Waals surface area contributed by atoms with Crippen molar-refractivity contribution in [2.45, 2.75) is 18.7 Å². The van der Waals surface area contributed by atoms with Crippen LogP contribution in [0.25, 0.3) is 26.9 Å². The summed E-state index contributed by atoms with van der Waals surface area (Å²) in [6, 6.07) is 30.6. The lowest BCUT2D eigenvalue weighted by molar-refractivity contribution is 0.678. The molecule has 1 unspecified atom stereocenters. The highest BCUT2D eigenvalue weighted by molar-refractivity contribution is 7.83. The zero-order valence-electron chi connectivity index (χ0n) is 25.3. The average molecular weight is 645 g/mol. The summed E-state index contributed by atoms with van der Waals surface area (Å²) in [7, 11) is -1.39. The number of thiophene rings is 1. The summed E-state index contributed by atoms with van der Waals surface area (Å²) >= 11 is 1.56. The molecule has 7 rings (SSSR count). The van der Waals surface area contributed by atoms with Crippen molar-refractivity contribution < 1.29 is 4.21 Å². The van der Waals surface area contributed by atoms with Crippen LogP contribution in [0.3, 0.4) is 0 Å². The molecule has 0 amide bonds. The number of hydrogen-bond donors (Lipinski definition) is 4. The van der Waals surface area contributed by atoms with Gasteiger partial charge in [-0.3, -0.25) is 0 Å². The van der Waals surface area contributed by atoms with Crippen LogP contribution < -0.4 is 21.7 Å². The Balaban J connectivity index is 0.00000182. The van der Waals surface area contributed by atoms with Crippen LogP contribution in [0, 0.1) is 0 Å². The maximum Gasteiger partial charge on any atom is 0.229 e. The van der Waals surface area contributed by atoms with E-state index in [1.165, 1.54) is 0 Å². The fraction of sp³-hybridized carbons (Fsp3) is 0.0571. The van der Waals surface area contributed by atoms with Gasteiger partial charge in [0.15, 0.2) is 22.5 Å². The lowest BCUT2D eigenvalue weighted by Gasteiger charge is -2.13. The number of nitrogens with zero attached hydrogens (tertiary/aromatic N) is 4. The van der Waals surface area contributed by atoms with Gasteiger partial charge in [0.05, 0.1) is 27.0 Å². The molecule has 5 N–H and O–H groups in total. The van der Waals surface area contributed by atoms with Crippen molar-refractivity contribution in [3.8, 4) is 0 Å². The Morgan fingerprint density at radius 3 is 2.46 bits per heavy atom. The summed E-state index contributed by atoms with van der Waals surface area (Å²) in [5.41, 5.74) is 12.1. The number of nitrogen functional groups attached to an aromatic ring is 1. The van der Waals surface area contributed by atoms with E-state index in [4.69, 9.17) is 15.7 Å². The first-order valence-electron chi connectivity index (χ1n) is 14.7. The van der Waals surface area contributed by atoms with E-state index in [1.807, 2.05) is 116 Å². The van der Waals surface area contributed by atoms with E-state index < -0.39 is 11.0 Å². The van der Waals surface area contributed by atoms with Crippen LogP contribution in [0.15, 0.2) is 126 Å². The first-order valence-corrected chi connectivity index (χ1v) is 16.6. The second-order valence-corrected chi connectivity index (χ2v) is 12.2. The highest BCUT2D eigenvalue weighted by Crippen LogP contribution is 2.32. The molecule has 0 saturated heterocycles. The second-order valence-electron chi connectivity index (χ2n) is 9.93. The van der Waals surface area contributed by atoms with Crippen LogP contribution in [-0.4, -0.2) is 23.1 Å². The molecule has 0 aliphatic heterocycles. The lowest BCUT2D eigenvalue weighted by Crippen LogP contribution is -2.04. The van der Waals surface area contributed by atoms with Crippen molar-refractivity contribution in [2.24, 2.45) is 0 Å². The smallest absolute Gasteiger partial charge is 0.229 e. The van der Waals surface area contributed by atoms with Crippen LogP contribution in [-0.2, 0) is 11.0 Å². The summed E-state index contributed by atoms with van der Waals surface area (Å²) < 4.78 is 15.7. The minimum absolute atomic E-state index is 0.450. The molecule has 230 valence electrons. The Labute approximate surface area is 273 Å². The van der Waals surface area contributed by atoms with Gasteiger partial charge in [0.25, 0.3) is 0 Å². The predicted octanol–water partition coefficient (Wildman–Crippen LogP) is 8.79. The molecule has 7 aromatic rings. The number of nitrogens with one attached hydrogen (secondary N) is 3. The molecule has 0 bridgehead atoms. The number of pyridine rings is 1. The topological polar surface area (TPSA) is 123 Å². The number of hydrogen-bond acceptors (Lipinski definition) is 9. The number of rotatable bonds is 9. The van der Waals surface area contributed by atoms with E-state index in [1.54, 1.807) is 27.7 Å². The van der Waals surface area contributed by atoms with Crippen LogP contribution in [0.4, 0.5) is 34.5 Å². The van der Waals surface area contributed by atoms with Gasteiger partial charge >= 0.3 is 0 Å². The second kappa shape index (κ2) is 13.6. The summed E-state index contributed by atoms with van der Waals surface area (Å²) in [6.07, 6.45) is 3.52. The summed E-state index contributed by atoms with van der Waals surface area (Å²) in [4.78, 5) is 14.9. The molecule has 46 heavy (non-hydrogen) atoms. The molecule has 0 radical (unpaired) electrons. The van der Waals surface area contributed by atoms with Crippen LogP contribution in [0.5, 0.6) is 0 Å². The molecular weight excluding hydrogens is 613 g/mol. The first-order chi connectivity index (χ1) is 22.5. The molecule has 0 aliphatic rings. The zero-order chi connectivity index (χ0) is 32.0. The Morgan fingerprint density at radius 2 is 1.65 bits per heavy atom. The van der Waals surface area contributed by atoms with Gasteiger partial charge in [0.2, 0.25) is 5.95 Å². The van der Waals surface area contributed by atoms with Crippen molar-refractivity contribution in [1.29, 1.82) is 0 Å². The van der Waals surface area contributed by atoms with Crippen LogP contribution in [0.2, 0.25) is 0 Å². The van der Waals surface area contributed by atoms with Gasteiger partial charge in [0, 0.05) is 34.3 Å². The van der Waals surface area contributed by atoms with E-state index in [0.717, 1.165) is 43.9 Å². The van der Waals surface area contributed by atoms with E-state index in [-0.39, 0.29) is 0 Å². The van der Waals surface area contributed by atoms with E-state index in [2.05, 4.69) is 27.5 Å². The third kappa shape index (κ3) is 6.60. The number of nitrogens with two attached hydrogens (primary N) is 1. The number of fused-ring (bicyclic) bond motifs is 2. The number of anilines is 6. The van der Waals surface area contributed by atoms with Crippen molar-refractivity contribution in [3.63, 3.8) is 0 Å². The van der Waals surface area contributed by atoms with Gasteiger partial charge in [-0.05, 0) is 71.6 Å². The zero-order valence-corrected chi connectivity index (χ0v) is 26.9. The molecule has 0 spiro atoms. The predicted molar refractivity (Wildman–Crippen MR) is 193 cm³/mol. The van der Waals surface area contributed by atoms with Crippen molar-refractivity contribution in [1.82, 2.24) is 18.9 Å². The third-order valence-corrected chi connectivity index (χ3v) is 9.09. The summed E-state index contributed by atoms with van der Waals surface area (Å²) in [6.45, 7) is 8.16. The van der Waals surface area contributed by atoms with E-state index in [0.29, 0.717) is 28.0 Å². The largest absolute Gasteiger partial charge is 0.399 e. The molecular formula is C35H32N8OS2. The first kappa shape index (κ1) is 30.5. The highest BCUT2D eigenvalue weighted by atomic mass is 32.2. The quantitative estimate of drug-likeness (QED) is 0.115. The van der Waals surface area contributed by atoms with Crippen molar-refractivity contribution in [3.05, 3.63) is 127 Å². The number of benzene rings is 3. The molecule has 1 atom stereocenters. The van der Waals surface area contributed by atoms with Gasteiger partial charge < -0.3 is 21.7 Å². The molecule has 11 heteroatoms. The Bertz CT molecular complexity index is 2160. The number of aromatic nitrogens is 4. The normalized spacial score (nSPS) is 11.4. The summed E-state index contributed by atoms with van der Waals surface area (Å²) in [5, 5.41) is 13.0. The molecule has 4 aromatic heterocycles. The fourth-order valence-electron chi connectivity index (χ4n) is 4.73. The summed E-state index contributed by atoms with van der Waals surface area (Å²) in [5.74, 6) is 1.11. The third-order valence-electron chi connectivity index (χ3n) is 6.86. The van der Waals surface area contributed by atoms with E-state index in [9.17, 15) is 4.21 Å². The molecule has 3 aromatic carbocycles.